The van der Waals surface area contributed by atoms with Gasteiger partial charge in [0.1, 0.15) is 5.82 Å². The van der Waals surface area contributed by atoms with Crippen LogP contribution in [0.5, 0.6) is 0 Å². The minimum Gasteiger partial charge on any atom is -0.373 e. The van der Waals surface area contributed by atoms with Crippen LogP contribution in [0.15, 0.2) is 0 Å². The van der Waals surface area contributed by atoms with Gasteiger partial charge in [-0.2, -0.15) is 17.0 Å². The number of rotatable bonds is 4. The van der Waals surface area contributed by atoms with Gasteiger partial charge in [-0.05, 0) is 19.3 Å². The summed E-state index contributed by atoms with van der Waals surface area (Å²) in [4.78, 5) is 23.3. The number of anilines is 1. The quantitative estimate of drug-likeness (QED) is 0.807. The molecule has 150 valence electrons. The van der Waals surface area contributed by atoms with Gasteiger partial charge in [0.2, 0.25) is 5.91 Å². The fraction of sp³-hybridized carbons (Fsp3) is 0.706. The lowest BCUT2D eigenvalue weighted by Crippen LogP contribution is -2.43. The van der Waals surface area contributed by atoms with Crippen LogP contribution in [0, 0.1) is 0 Å². The summed E-state index contributed by atoms with van der Waals surface area (Å²) in [5.41, 5.74) is 1.67. The van der Waals surface area contributed by atoms with Crippen molar-refractivity contribution in [2.45, 2.75) is 45.2 Å². The molecule has 10 heteroatoms. The highest BCUT2D eigenvalue weighted by Crippen LogP contribution is 2.32. The zero-order chi connectivity index (χ0) is 19.8. The lowest BCUT2D eigenvalue weighted by Gasteiger charge is -2.35. The number of nitrogens with zero attached hydrogens (tertiary/aromatic N) is 5. The number of fused-ring (bicyclic) bond motifs is 1. The highest BCUT2D eigenvalue weighted by atomic mass is 32.2. The number of hydrogen-bond acceptors (Lipinski definition) is 6. The number of amides is 1. The normalized spacial score (nSPS) is 21.2. The van der Waals surface area contributed by atoms with E-state index >= 15 is 0 Å². The van der Waals surface area contributed by atoms with E-state index in [4.69, 9.17) is 4.98 Å². The Balaban J connectivity index is 1.96. The average molecular weight is 397 g/mol. The molecule has 1 aromatic heterocycles. The van der Waals surface area contributed by atoms with Gasteiger partial charge < -0.3 is 10.2 Å². The van der Waals surface area contributed by atoms with Crippen LogP contribution in [0.3, 0.4) is 0 Å². The molecule has 0 aromatic carbocycles. The van der Waals surface area contributed by atoms with Crippen molar-refractivity contribution in [1.29, 1.82) is 0 Å². The molecule has 2 aliphatic heterocycles. The molecule has 27 heavy (non-hydrogen) atoms. The molecule has 2 aliphatic rings. The number of nitrogens with one attached hydrogen (secondary N) is 1. The van der Waals surface area contributed by atoms with E-state index in [1.165, 1.54) is 22.7 Å². The highest BCUT2D eigenvalue weighted by Gasteiger charge is 2.33. The average Bonchev–Trinajstić information content (AvgIpc) is 2.66. The molecule has 1 amide bonds. The number of carbonyl (C=O) groups is 1. The summed E-state index contributed by atoms with van der Waals surface area (Å²) in [6.07, 6.45) is 3.41. The molecule has 9 nitrogen and oxygen atoms in total. The van der Waals surface area contributed by atoms with Crippen LogP contribution in [0.2, 0.25) is 0 Å². The van der Waals surface area contributed by atoms with E-state index in [1.807, 2.05) is 4.90 Å². The molecule has 0 spiro atoms. The Morgan fingerprint density at radius 2 is 1.96 bits per heavy atom. The Hall–Kier alpha value is -1.78. The third-order valence-electron chi connectivity index (χ3n) is 5.27. The Morgan fingerprint density at radius 1 is 1.22 bits per heavy atom. The predicted molar refractivity (Wildman–Crippen MR) is 102 cm³/mol. The van der Waals surface area contributed by atoms with Crippen LogP contribution >= 0.6 is 0 Å². The van der Waals surface area contributed by atoms with Crippen molar-refractivity contribution in [3.05, 3.63) is 17.1 Å². The van der Waals surface area contributed by atoms with Crippen LogP contribution < -0.4 is 5.32 Å². The van der Waals surface area contributed by atoms with Gasteiger partial charge in [-0.3, -0.25) is 4.79 Å². The second-order valence-corrected chi connectivity index (χ2v) is 9.35. The molecule has 0 aliphatic carbocycles. The number of hydrogen-bond donors (Lipinski definition) is 1. The molecule has 0 saturated carbocycles. The van der Waals surface area contributed by atoms with E-state index in [-0.39, 0.29) is 18.5 Å². The topological polar surface area (TPSA) is 98.7 Å². The van der Waals surface area contributed by atoms with Crippen LogP contribution in [-0.4, -0.2) is 72.0 Å². The monoisotopic (exact) mass is 396 g/mol. The van der Waals surface area contributed by atoms with Gasteiger partial charge in [0.05, 0.1) is 11.7 Å². The maximum absolute atomic E-state index is 12.5. The summed E-state index contributed by atoms with van der Waals surface area (Å²) >= 11 is 0. The summed E-state index contributed by atoms with van der Waals surface area (Å²) in [6.45, 7) is 2.94. The lowest BCUT2D eigenvalue weighted by molar-refractivity contribution is -0.132. The van der Waals surface area contributed by atoms with Crippen molar-refractivity contribution in [3.8, 4) is 0 Å². The molecule has 3 rings (SSSR count). The largest absolute Gasteiger partial charge is 0.373 e. The van der Waals surface area contributed by atoms with E-state index in [0.717, 1.165) is 37.1 Å². The number of piperidine rings is 1. The van der Waals surface area contributed by atoms with E-state index < -0.39 is 10.2 Å². The van der Waals surface area contributed by atoms with Crippen molar-refractivity contribution in [1.82, 2.24) is 23.5 Å². The van der Waals surface area contributed by atoms with Crippen molar-refractivity contribution < 1.29 is 13.2 Å². The van der Waals surface area contributed by atoms with Gasteiger partial charge in [0.15, 0.2) is 5.82 Å². The van der Waals surface area contributed by atoms with Gasteiger partial charge >= 0.3 is 0 Å². The summed E-state index contributed by atoms with van der Waals surface area (Å²) in [5.74, 6) is 1.33. The third-order valence-corrected chi connectivity index (χ3v) is 7.16. The zero-order valence-electron chi connectivity index (χ0n) is 16.4. The van der Waals surface area contributed by atoms with E-state index in [1.54, 1.807) is 14.0 Å². The molecule has 0 bridgehead atoms. The van der Waals surface area contributed by atoms with Crippen LogP contribution in [0.4, 0.5) is 5.82 Å². The van der Waals surface area contributed by atoms with E-state index in [2.05, 4.69) is 10.3 Å². The summed E-state index contributed by atoms with van der Waals surface area (Å²) < 4.78 is 27.6. The Labute approximate surface area is 160 Å². The van der Waals surface area contributed by atoms with Gasteiger partial charge in [-0.1, -0.05) is 0 Å². The summed E-state index contributed by atoms with van der Waals surface area (Å²) in [6, 6.07) is -0.114. The van der Waals surface area contributed by atoms with E-state index in [9.17, 15) is 13.2 Å². The smallest absolute Gasteiger partial charge is 0.281 e. The first-order chi connectivity index (χ1) is 12.8. The molecule has 1 saturated heterocycles. The molecule has 0 radical (unpaired) electrons. The van der Waals surface area contributed by atoms with Crippen molar-refractivity contribution >= 4 is 21.9 Å². The summed E-state index contributed by atoms with van der Waals surface area (Å²) in [5, 5.41) is 3.09. The van der Waals surface area contributed by atoms with Crippen LogP contribution in [0.1, 0.15) is 49.3 Å². The van der Waals surface area contributed by atoms with Crippen molar-refractivity contribution in [3.63, 3.8) is 0 Å². The second kappa shape index (κ2) is 7.69. The predicted octanol–water partition coefficient (Wildman–Crippen LogP) is 0.756. The molecular formula is C17H28N6O3S. The summed E-state index contributed by atoms with van der Waals surface area (Å²) in [7, 11) is 1.35. The van der Waals surface area contributed by atoms with Gasteiger partial charge in [-0.15, -0.1) is 0 Å². The number of likely N-dealkylation sites (tertiary alicyclic amines) is 1. The van der Waals surface area contributed by atoms with Gasteiger partial charge in [0, 0.05) is 59.7 Å². The minimum absolute atomic E-state index is 0.0373. The minimum atomic E-state index is -3.49. The van der Waals surface area contributed by atoms with Crippen LogP contribution in [0.25, 0.3) is 0 Å². The van der Waals surface area contributed by atoms with Gasteiger partial charge in [0.25, 0.3) is 10.2 Å². The number of carbonyl (C=O) groups excluding carboxylic acids is 1. The van der Waals surface area contributed by atoms with Crippen LogP contribution in [-0.2, 0) is 28.0 Å². The molecule has 1 atom stereocenters. The second-order valence-electron chi connectivity index (χ2n) is 7.20. The Bertz CT molecular complexity index is 809. The molecule has 1 fully saturated rings. The first-order valence-corrected chi connectivity index (χ1v) is 10.7. The standard InChI is InChI=1S/C17H28N6O3S/c1-12(24)23-9-6-5-7-15(23)17-19-14-8-10-22(27(25,26)21(3)4)11-13(14)16(18-2)20-17/h15H,5-11H2,1-4H3,(H,18,19,20)/t15-/m1/s1. The number of aromatic nitrogens is 2. The fourth-order valence-electron chi connectivity index (χ4n) is 3.77. The maximum atomic E-state index is 12.5. The lowest BCUT2D eigenvalue weighted by atomic mass is 10.00. The van der Waals surface area contributed by atoms with Gasteiger partial charge in [-0.25, -0.2) is 9.97 Å². The zero-order valence-corrected chi connectivity index (χ0v) is 17.2. The Morgan fingerprint density at radius 3 is 2.59 bits per heavy atom. The first-order valence-electron chi connectivity index (χ1n) is 9.28. The molecule has 3 heterocycles. The SMILES string of the molecule is CNc1nc([C@H]2CCCCN2C(C)=O)nc2c1CN(S(=O)(=O)N(C)C)CC2. The molecule has 1 aromatic rings. The van der Waals surface area contributed by atoms with E-state index in [0.29, 0.717) is 24.6 Å². The Kier molecular flexibility index (Phi) is 5.68. The fourth-order valence-corrected chi connectivity index (χ4v) is 4.85. The molecule has 1 N–H and O–H groups in total. The molecule has 0 unspecified atom stereocenters. The molecular weight excluding hydrogens is 368 g/mol. The van der Waals surface area contributed by atoms with Crippen molar-refractivity contribution in [2.75, 3.05) is 39.5 Å². The third kappa shape index (κ3) is 3.78. The maximum Gasteiger partial charge on any atom is 0.281 e. The first kappa shape index (κ1) is 20.0. The highest BCUT2D eigenvalue weighted by molar-refractivity contribution is 7.86. The van der Waals surface area contributed by atoms with Crippen molar-refractivity contribution in [2.24, 2.45) is 0 Å².